The summed E-state index contributed by atoms with van der Waals surface area (Å²) in [4.78, 5) is 10.8. The van der Waals surface area contributed by atoms with Gasteiger partial charge in [-0.05, 0) is 55.6 Å². The molecule has 1 saturated heterocycles. The van der Waals surface area contributed by atoms with E-state index in [1.807, 2.05) is 18.8 Å². The second-order valence-electron chi connectivity index (χ2n) is 7.60. The summed E-state index contributed by atoms with van der Waals surface area (Å²) >= 11 is 8.07. The van der Waals surface area contributed by atoms with E-state index in [0.717, 1.165) is 24.0 Å². The van der Waals surface area contributed by atoms with Gasteiger partial charge in [0.1, 0.15) is 6.29 Å². The van der Waals surface area contributed by atoms with Crippen LogP contribution in [0.2, 0.25) is 5.02 Å². The Morgan fingerprint density at radius 2 is 1.71 bits per heavy atom. The molecule has 168 valence electrons. The van der Waals surface area contributed by atoms with Gasteiger partial charge in [-0.3, -0.25) is 4.79 Å². The lowest BCUT2D eigenvalue weighted by atomic mass is 9.93. The number of halogens is 4. The standard InChI is InChI=1S/C20H18ClF3O.C4H9NS/c1-12-8-15(4-6-16(12)11-25)5-7-18(20(22,23)24)17-9-13(2)19(21)14(3)10-17;1-5-4-2-6-3-4/h4-11,18H,1-3H3;4-5H,2-3H2,1H3/b7-5+;. The third kappa shape index (κ3) is 7.13. The first-order chi connectivity index (χ1) is 14.6. The fourth-order valence-electron chi connectivity index (χ4n) is 3.11. The minimum absolute atomic E-state index is 0.157. The van der Waals surface area contributed by atoms with Gasteiger partial charge in [-0.2, -0.15) is 24.9 Å². The topological polar surface area (TPSA) is 29.1 Å². The Labute approximate surface area is 191 Å². The number of carbonyl (C=O) groups excluding carboxylic acids is 1. The van der Waals surface area contributed by atoms with Crippen LogP contribution in [0.3, 0.4) is 0 Å². The Balaban J connectivity index is 0.000000488. The van der Waals surface area contributed by atoms with Gasteiger partial charge in [0.15, 0.2) is 0 Å². The fraction of sp³-hybridized carbons (Fsp3) is 0.375. The highest BCUT2D eigenvalue weighted by molar-refractivity contribution is 8.00. The third-order valence-corrected chi connectivity index (χ3v) is 6.99. The molecule has 2 aromatic rings. The van der Waals surface area contributed by atoms with Crippen molar-refractivity contribution in [1.29, 1.82) is 0 Å². The molecule has 2 nitrogen and oxygen atoms in total. The van der Waals surface area contributed by atoms with Crippen molar-refractivity contribution >= 4 is 35.7 Å². The van der Waals surface area contributed by atoms with E-state index < -0.39 is 12.1 Å². The number of aldehydes is 1. The van der Waals surface area contributed by atoms with E-state index in [2.05, 4.69) is 5.32 Å². The Kier molecular flexibility index (Phi) is 9.22. The van der Waals surface area contributed by atoms with E-state index in [-0.39, 0.29) is 5.56 Å². The van der Waals surface area contributed by atoms with Crippen molar-refractivity contribution in [3.63, 3.8) is 0 Å². The minimum atomic E-state index is -4.42. The van der Waals surface area contributed by atoms with Crippen molar-refractivity contribution in [3.05, 3.63) is 74.8 Å². The SMILES string of the molecule is CNC1CSC1.Cc1cc(/C=C/C(c2cc(C)c(Cl)c(C)c2)C(F)(F)F)ccc1C=O. The Bertz CT molecular complexity index is 913. The number of hydrogen-bond donors (Lipinski definition) is 1. The van der Waals surface area contributed by atoms with Gasteiger partial charge in [0, 0.05) is 28.1 Å². The number of hydrogen-bond acceptors (Lipinski definition) is 3. The maximum absolute atomic E-state index is 13.5. The molecule has 1 aliphatic rings. The van der Waals surface area contributed by atoms with E-state index >= 15 is 0 Å². The molecule has 7 heteroatoms. The summed E-state index contributed by atoms with van der Waals surface area (Å²) in [5, 5.41) is 3.66. The quantitative estimate of drug-likeness (QED) is 0.490. The molecule has 0 aromatic heterocycles. The highest BCUT2D eigenvalue weighted by atomic mass is 35.5. The van der Waals surface area contributed by atoms with E-state index in [0.29, 0.717) is 27.3 Å². The van der Waals surface area contributed by atoms with Gasteiger partial charge < -0.3 is 5.32 Å². The van der Waals surface area contributed by atoms with Crippen LogP contribution in [0.15, 0.2) is 36.4 Å². The predicted molar refractivity (Wildman–Crippen MR) is 125 cm³/mol. The van der Waals surface area contributed by atoms with E-state index in [1.54, 1.807) is 39.0 Å². The van der Waals surface area contributed by atoms with Crippen LogP contribution in [-0.2, 0) is 0 Å². The maximum atomic E-state index is 13.5. The lowest BCUT2D eigenvalue weighted by Gasteiger charge is -2.23. The summed E-state index contributed by atoms with van der Waals surface area (Å²) in [7, 11) is 2.02. The van der Waals surface area contributed by atoms with Gasteiger partial charge in [-0.15, -0.1) is 0 Å². The van der Waals surface area contributed by atoms with Gasteiger partial charge in [-0.1, -0.05) is 54.1 Å². The molecule has 0 saturated carbocycles. The van der Waals surface area contributed by atoms with Crippen LogP contribution in [0.4, 0.5) is 13.2 Å². The summed E-state index contributed by atoms with van der Waals surface area (Å²) in [5.41, 5.74) is 3.24. The van der Waals surface area contributed by atoms with E-state index in [1.165, 1.54) is 29.7 Å². The fourth-order valence-corrected chi connectivity index (χ4v) is 4.03. The number of rotatable bonds is 5. The molecule has 0 spiro atoms. The average Bonchev–Trinajstić information content (AvgIpc) is 2.65. The minimum Gasteiger partial charge on any atom is -0.315 e. The van der Waals surface area contributed by atoms with Crippen molar-refractivity contribution in [3.8, 4) is 0 Å². The number of carbonyl (C=O) groups is 1. The van der Waals surface area contributed by atoms with Gasteiger partial charge in [0.25, 0.3) is 0 Å². The summed E-state index contributed by atoms with van der Waals surface area (Å²) in [6.07, 6.45) is -1.13. The molecule has 2 aromatic carbocycles. The van der Waals surface area contributed by atoms with Crippen LogP contribution in [0, 0.1) is 20.8 Å². The van der Waals surface area contributed by atoms with Crippen LogP contribution >= 0.6 is 23.4 Å². The molecule has 1 N–H and O–H groups in total. The highest BCUT2D eigenvalue weighted by Crippen LogP contribution is 2.38. The third-order valence-electron chi connectivity index (χ3n) is 5.12. The number of benzene rings is 2. The zero-order valence-corrected chi connectivity index (χ0v) is 19.6. The second kappa shape index (κ2) is 11.2. The molecule has 31 heavy (non-hydrogen) atoms. The molecule has 1 unspecified atom stereocenters. The smallest absolute Gasteiger partial charge is 0.315 e. The largest absolute Gasteiger partial charge is 0.399 e. The maximum Gasteiger partial charge on any atom is 0.399 e. The molecule has 1 fully saturated rings. The van der Waals surface area contributed by atoms with Crippen LogP contribution in [0.1, 0.15) is 44.1 Å². The number of allylic oxidation sites excluding steroid dienone is 1. The Morgan fingerprint density at radius 3 is 2.10 bits per heavy atom. The second-order valence-corrected chi connectivity index (χ2v) is 9.06. The number of nitrogens with one attached hydrogen (secondary N) is 1. The zero-order chi connectivity index (χ0) is 23.2. The number of alkyl halides is 3. The van der Waals surface area contributed by atoms with Crippen molar-refractivity contribution in [2.24, 2.45) is 0 Å². The van der Waals surface area contributed by atoms with Gasteiger partial charge in [0.05, 0.1) is 5.92 Å². The predicted octanol–water partition coefficient (Wildman–Crippen LogP) is 6.76. The van der Waals surface area contributed by atoms with E-state index in [9.17, 15) is 18.0 Å². The van der Waals surface area contributed by atoms with Crippen LogP contribution in [0.5, 0.6) is 0 Å². The zero-order valence-electron chi connectivity index (χ0n) is 18.0. The normalized spacial score (nSPS) is 15.2. The van der Waals surface area contributed by atoms with Crippen LogP contribution < -0.4 is 5.32 Å². The number of aryl methyl sites for hydroxylation is 3. The Hall–Kier alpha value is -1.76. The lowest BCUT2D eigenvalue weighted by molar-refractivity contribution is -0.139. The summed E-state index contributed by atoms with van der Waals surface area (Å²) in [6, 6.07) is 8.68. The Morgan fingerprint density at radius 1 is 1.10 bits per heavy atom. The monoisotopic (exact) mass is 469 g/mol. The molecule has 3 rings (SSSR count). The highest BCUT2D eigenvalue weighted by Gasteiger charge is 2.39. The first-order valence-electron chi connectivity index (χ1n) is 9.89. The van der Waals surface area contributed by atoms with Gasteiger partial charge >= 0.3 is 6.18 Å². The molecule has 1 heterocycles. The van der Waals surface area contributed by atoms with Crippen LogP contribution in [0.25, 0.3) is 6.08 Å². The lowest BCUT2D eigenvalue weighted by Crippen LogP contribution is -2.37. The van der Waals surface area contributed by atoms with Crippen LogP contribution in [-0.4, -0.2) is 37.1 Å². The first-order valence-corrected chi connectivity index (χ1v) is 11.4. The summed E-state index contributed by atoms with van der Waals surface area (Å²) < 4.78 is 40.6. The van der Waals surface area contributed by atoms with Crippen molar-refractivity contribution in [2.75, 3.05) is 18.6 Å². The summed E-state index contributed by atoms with van der Waals surface area (Å²) in [5.74, 6) is 0.903. The van der Waals surface area contributed by atoms with Crippen molar-refractivity contribution in [1.82, 2.24) is 5.32 Å². The molecule has 0 radical (unpaired) electrons. The van der Waals surface area contributed by atoms with E-state index in [4.69, 9.17) is 11.6 Å². The molecule has 0 amide bonds. The number of thioether (sulfide) groups is 1. The molecule has 0 aliphatic carbocycles. The van der Waals surface area contributed by atoms with Gasteiger partial charge in [0.2, 0.25) is 0 Å². The first kappa shape index (κ1) is 25.5. The summed E-state index contributed by atoms with van der Waals surface area (Å²) in [6.45, 7) is 5.13. The molecular formula is C24H27ClF3NOS. The molecule has 1 atom stereocenters. The molecule has 1 aliphatic heterocycles. The molecular weight excluding hydrogens is 443 g/mol. The molecule has 0 bridgehead atoms. The average molecular weight is 470 g/mol. The van der Waals surface area contributed by atoms with Crippen molar-refractivity contribution < 1.29 is 18.0 Å². The van der Waals surface area contributed by atoms with Crippen molar-refractivity contribution in [2.45, 2.75) is 38.9 Å². The van der Waals surface area contributed by atoms with Gasteiger partial charge in [-0.25, -0.2) is 0 Å².